The number of rotatable bonds is 11. The van der Waals surface area contributed by atoms with Gasteiger partial charge in [-0.25, -0.2) is 4.79 Å². The zero-order chi connectivity index (χ0) is 34.3. The predicted octanol–water partition coefficient (Wildman–Crippen LogP) is 2.17. The highest BCUT2D eigenvalue weighted by atomic mass is 16.5. The molecule has 2 aromatic rings. The van der Waals surface area contributed by atoms with E-state index in [1.165, 1.54) is 0 Å². The molecule has 2 heterocycles. The average Bonchev–Trinajstić information content (AvgIpc) is 3.06. The number of esters is 1. The van der Waals surface area contributed by atoms with Crippen LogP contribution < -0.4 is 26.0 Å². The fourth-order valence-electron chi connectivity index (χ4n) is 4.99. The molecule has 4 amide bonds. The Morgan fingerprint density at radius 2 is 1.68 bits per heavy atom. The highest BCUT2D eigenvalue weighted by Crippen LogP contribution is 2.16. The van der Waals surface area contributed by atoms with Gasteiger partial charge in [0.25, 0.3) is 0 Å². The van der Waals surface area contributed by atoms with E-state index >= 15 is 0 Å². The lowest BCUT2D eigenvalue weighted by Crippen LogP contribution is -2.60. The van der Waals surface area contributed by atoms with Gasteiger partial charge in [0.1, 0.15) is 36.5 Å². The third-order valence-electron chi connectivity index (χ3n) is 8.13. The minimum atomic E-state index is -1.43. The Morgan fingerprint density at radius 1 is 0.979 bits per heavy atom. The number of benzene rings is 2. The second-order valence-electron chi connectivity index (χ2n) is 12.2. The minimum Gasteiger partial charge on any atom is -0.494 e. The first kappa shape index (κ1) is 37.0. The third kappa shape index (κ3) is 11.7. The van der Waals surface area contributed by atoms with Gasteiger partial charge in [0.2, 0.25) is 23.6 Å². The highest BCUT2D eigenvalue weighted by Gasteiger charge is 2.34. The first-order valence-electron chi connectivity index (χ1n) is 16.3. The second-order valence-corrected chi connectivity index (χ2v) is 12.2. The first-order chi connectivity index (χ1) is 22.5. The summed E-state index contributed by atoms with van der Waals surface area (Å²) in [6.45, 7) is 6.92. The van der Waals surface area contributed by atoms with Crippen LogP contribution in [0.1, 0.15) is 64.5 Å². The van der Waals surface area contributed by atoms with E-state index < -0.39 is 54.5 Å². The van der Waals surface area contributed by atoms with E-state index in [1.807, 2.05) is 37.3 Å². The topological polar surface area (TPSA) is 172 Å². The predicted molar refractivity (Wildman–Crippen MR) is 175 cm³/mol. The summed E-state index contributed by atoms with van der Waals surface area (Å²) in [5, 5.41) is 20.8. The number of hydrogen-bond donors (Lipinski definition) is 5. The van der Waals surface area contributed by atoms with E-state index in [1.54, 1.807) is 45.0 Å². The molecule has 12 nitrogen and oxygen atoms in total. The largest absolute Gasteiger partial charge is 0.494 e. The molecule has 0 aliphatic carbocycles. The number of aliphatic hydroxyl groups excluding tert-OH is 1. The van der Waals surface area contributed by atoms with Crippen molar-refractivity contribution in [2.75, 3.05) is 13.2 Å². The molecule has 0 aromatic heterocycles. The Hall–Kier alpha value is -4.45. The molecule has 5 N–H and O–H groups in total. The quantitative estimate of drug-likeness (QED) is 0.230. The van der Waals surface area contributed by atoms with Crippen LogP contribution in [0.25, 0.3) is 0 Å². The zero-order valence-corrected chi connectivity index (χ0v) is 27.6. The van der Waals surface area contributed by atoms with Gasteiger partial charge in [0, 0.05) is 12.8 Å². The summed E-state index contributed by atoms with van der Waals surface area (Å²) in [6, 6.07) is 11.7. The number of ether oxygens (including phenoxy) is 2. The first-order valence-corrected chi connectivity index (χ1v) is 16.3. The van der Waals surface area contributed by atoms with E-state index in [2.05, 4.69) is 21.3 Å². The Kier molecular flexibility index (Phi) is 14.7. The van der Waals surface area contributed by atoms with E-state index in [4.69, 9.17) is 9.47 Å². The van der Waals surface area contributed by atoms with Gasteiger partial charge in [-0.3, -0.25) is 19.2 Å². The summed E-state index contributed by atoms with van der Waals surface area (Å²) >= 11 is 0. The van der Waals surface area contributed by atoms with Gasteiger partial charge in [0.05, 0.1) is 13.2 Å². The van der Waals surface area contributed by atoms with Gasteiger partial charge in [0.15, 0.2) is 0 Å². The number of aliphatic hydroxyl groups is 1. The molecule has 0 unspecified atom stereocenters. The third-order valence-corrected chi connectivity index (χ3v) is 8.13. The summed E-state index contributed by atoms with van der Waals surface area (Å²) in [6.07, 6.45) is 2.06. The zero-order valence-electron chi connectivity index (χ0n) is 27.6. The summed E-state index contributed by atoms with van der Waals surface area (Å²) in [7, 11) is 0. The van der Waals surface area contributed by atoms with Gasteiger partial charge in [-0.1, -0.05) is 76.6 Å². The number of nitrogens with one attached hydrogen (secondary N) is 4. The van der Waals surface area contributed by atoms with E-state index in [0.29, 0.717) is 37.2 Å². The van der Waals surface area contributed by atoms with Crippen molar-refractivity contribution in [1.82, 2.24) is 21.3 Å². The molecule has 2 aliphatic heterocycles. The van der Waals surface area contributed by atoms with Crippen LogP contribution in [0, 0.1) is 11.8 Å². The summed E-state index contributed by atoms with van der Waals surface area (Å²) in [5.41, 5.74) is 1.49. The summed E-state index contributed by atoms with van der Waals surface area (Å²) in [4.78, 5) is 66.1. The molecule has 5 atom stereocenters. The summed E-state index contributed by atoms with van der Waals surface area (Å²) < 4.78 is 11.2. The molecule has 0 saturated carbocycles. The number of carbonyl (C=O) groups excluding carboxylic acids is 5. The standard InChI is InChI=1S/C35H48N4O8/c1-5-23(4)31(35(45)47-21-25-11-7-6-8-12-25)39-33(43)28(20-40)37-32(42)27-19-24-14-16-26(17-15-24)46-18-10-9-13-29(41)38-30(22(2)3)34(44)36-27/h6-8,11-12,14-17,22-23,27-28,30-31,40H,5,9-10,13,18-21H2,1-4H3,(H,36,44)(H,37,42)(H,38,41)(H,39,43)/t23-,27-,28-,30-,31-/m0/s1. The van der Waals surface area contributed by atoms with Crippen molar-refractivity contribution in [2.24, 2.45) is 11.8 Å². The SMILES string of the molecule is CC[C@H](C)[C@H](NC(=O)[C@H](CO)NC(=O)[C@@H]1Cc2ccc(cc2)OCCCCC(=O)N[C@@H](C(C)C)C(=O)N1)C(=O)OCc1ccccc1. The molecular formula is C35H48N4O8. The van der Waals surface area contributed by atoms with Crippen LogP contribution in [0.5, 0.6) is 5.75 Å². The van der Waals surface area contributed by atoms with Crippen molar-refractivity contribution in [3.05, 3.63) is 65.7 Å². The van der Waals surface area contributed by atoms with Crippen LogP contribution in [0.2, 0.25) is 0 Å². The van der Waals surface area contributed by atoms with Crippen molar-refractivity contribution in [3.8, 4) is 5.75 Å². The molecule has 4 rings (SSSR count). The molecule has 47 heavy (non-hydrogen) atoms. The number of fused-ring (bicyclic) bond motifs is 13. The molecule has 2 bridgehead atoms. The van der Waals surface area contributed by atoms with Crippen molar-refractivity contribution < 1.29 is 38.6 Å². The molecule has 2 aromatic carbocycles. The van der Waals surface area contributed by atoms with Gasteiger partial charge < -0.3 is 35.8 Å². The van der Waals surface area contributed by atoms with Crippen LogP contribution in [0.3, 0.4) is 0 Å². The average molecular weight is 653 g/mol. The minimum absolute atomic E-state index is 0.0228. The Morgan fingerprint density at radius 3 is 2.32 bits per heavy atom. The van der Waals surface area contributed by atoms with Gasteiger partial charge in [-0.05, 0) is 47.9 Å². The van der Waals surface area contributed by atoms with Crippen molar-refractivity contribution >= 4 is 29.6 Å². The summed E-state index contributed by atoms with van der Waals surface area (Å²) in [5.74, 6) is -2.94. The van der Waals surface area contributed by atoms with Crippen molar-refractivity contribution in [2.45, 2.75) is 90.6 Å². The molecule has 0 fully saturated rings. The molecule has 0 spiro atoms. The smallest absolute Gasteiger partial charge is 0.329 e. The van der Waals surface area contributed by atoms with E-state index in [0.717, 1.165) is 5.56 Å². The van der Waals surface area contributed by atoms with Crippen LogP contribution in [-0.4, -0.2) is 72.1 Å². The van der Waals surface area contributed by atoms with Crippen LogP contribution in [0.4, 0.5) is 0 Å². The molecule has 256 valence electrons. The monoisotopic (exact) mass is 652 g/mol. The molecule has 0 radical (unpaired) electrons. The number of carbonyl (C=O) groups is 5. The van der Waals surface area contributed by atoms with Gasteiger partial charge in [-0.2, -0.15) is 0 Å². The van der Waals surface area contributed by atoms with Crippen LogP contribution >= 0.6 is 0 Å². The fraction of sp³-hybridized carbons (Fsp3) is 0.514. The molecule has 0 saturated heterocycles. The van der Waals surface area contributed by atoms with Crippen molar-refractivity contribution in [3.63, 3.8) is 0 Å². The Labute approximate surface area is 276 Å². The maximum Gasteiger partial charge on any atom is 0.329 e. The fourth-order valence-corrected chi connectivity index (χ4v) is 4.99. The van der Waals surface area contributed by atoms with Gasteiger partial charge >= 0.3 is 5.97 Å². The maximum atomic E-state index is 13.7. The van der Waals surface area contributed by atoms with Crippen LogP contribution in [0.15, 0.2) is 54.6 Å². The lowest BCUT2D eigenvalue weighted by molar-refractivity contribution is -0.151. The lowest BCUT2D eigenvalue weighted by Gasteiger charge is -2.28. The van der Waals surface area contributed by atoms with E-state index in [9.17, 15) is 29.1 Å². The maximum absolute atomic E-state index is 13.7. The second kappa shape index (κ2) is 18.6. The normalized spacial score (nSPS) is 19.4. The highest BCUT2D eigenvalue weighted by molar-refractivity contribution is 5.95. The Bertz CT molecular complexity index is 1330. The lowest BCUT2D eigenvalue weighted by atomic mass is 9.98. The van der Waals surface area contributed by atoms with Gasteiger partial charge in [-0.15, -0.1) is 0 Å². The Balaban J connectivity index is 1.78. The molecule has 12 heteroatoms. The molecule has 2 aliphatic rings. The molecular weight excluding hydrogens is 604 g/mol. The van der Waals surface area contributed by atoms with Crippen molar-refractivity contribution in [1.29, 1.82) is 0 Å². The van der Waals surface area contributed by atoms with E-state index in [-0.39, 0.29) is 37.2 Å². The number of hydrogen-bond acceptors (Lipinski definition) is 8. The van der Waals surface area contributed by atoms with Crippen LogP contribution in [-0.2, 0) is 41.7 Å². The number of amides is 4.